The summed E-state index contributed by atoms with van der Waals surface area (Å²) in [6.45, 7) is 2.22. The van der Waals surface area contributed by atoms with E-state index in [9.17, 15) is 18.0 Å². The van der Waals surface area contributed by atoms with Gasteiger partial charge in [-0.2, -0.15) is 13.2 Å². The molecule has 1 N–H and O–H groups in total. The highest BCUT2D eigenvalue weighted by molar-refractivity contribution is 6.33. The van der Waals surface area contributed by atoms with E-state index in [1.807, 2.05) is 9.47 Å². The van der Waals surface area contributed by atoms with Crippen LogP contribution in [0.25, 0.3) is 0 Å². The predicted octanol–water partition coefficient (Wildman–Crippen LogP) is 2.82. The maximum atomic E-state index is 12.8. The van der Waals surface area contributed by atoms with Gasteiger partial charge in [-0.25, -0.2) is 4.98 Å². The summed E-state index contributed by atoms with van der Waals surface area (Å²) in [7, 11) is 0. The molecule has 1 amide bonds. The van der Waals surface area contributed by atoms with Crippen LogP contribution in [0.3, 0.4) is 0 Å². The first-order valence-corrected chi connectivity index (χ1v) is 9.87. The second kappa shape index (κ2) is 7.81. The lowest BCUT2D eigenvalue weighted by molar-refractivity contribution is -0.137. The van der Waals surface area contributed by atoms with Gasteiger partial charge in [0, 0.05) is 38.2 Å². The highest BCUT2D eigenvalue weighted by Gasteiger charge is 2.33. The predicted molar refractivity (Wildman–Crippen MR) is 99.4 cm³/mol. The Morgan fingerprint density at radius 2 is 2.00 bits per heavy atom. The molecule has 2 aliphatic heterocycles. The van der Waals surface area contributed by atoms with Crippen molar-refractivity contribution < 1.29 is 18.0 Å². The molecule has 0 saturated carbocycles. The van der Waals surface area contributed by atoms with E-state index in [0.717, 1.165) is 43.3 Å². The largest absolute Gasteiger partial charge is 0.417 e. The monoisotopic (exact) mass is 428 g/mol. The van der Waals surface area contributed by atoms with Crippen molar-refractivity contribution in [3.8, 4) is 0 Å². The first kappa shape index (κ1) is 19.9. The van der Waals surface area contributed by atoms with Gasteiger partial charge in [0.05, 0.1) is 17.1 Å². The number of alkyl halides is 3. The molecule has 2 aromatic rings. The van der Waals surface area contributed by atoms with Crippen LogP contribution in [0, 0.1) is 5.92 Å². The highest BCUT2D eigenvalue weighted by atomic mass is 35.5. The molecular weight excluding hydrogens is 409 g/mol. The summed E-state index contributed by atoms with van der Waals surface area (Å²) < 4.78 is 40.3. The Balaban J connectivity index is 1.31. The van der Waals surface area contributed by atoms with Gasteiger partial charge in [0.25, 0.3) is 0 Å². The molecule has 0 aromatic carbocycles. The van der Waals surface area contributed by atoms with Crippen LogP contribution in [0.4, 0.5) is 19.0 Å². The average Bonchev–Trinajstić information content (AvgIpc) is 3.30. The third-order valence-electron chi connectivity index (χ3n) is 5.42. The van der Waals surface area contributed by atoms with Crippen LogP contribution in [-0.4, -0.2) is 38.7 Å². The number of hydrogen-bond donors (Lipinski definition) is 1. The number of aryl methyl sites for hydroxylation is 1. The van der Waals surface area contributed by atoms with E-state index in [1.54, 1.807) is 0 Å². The van der Waals surface area contributed by atoms with Crippen molar-refractivity contribution in [2.45, 2.75) is 44.9 Å². The number of anilines is 1. The van der Waals surface area contributed by atoms with E-state index >= 15 is 0 Å². The van der Waals surface area contributed by atoms with Crippen molar-refractivity contribution >= 4 is 23.3 Å². The van der Waals surface area contributed by atoms with Gasteiger partial charge in [0.2, 0.25) is 5.91 Å². The number of carbonyl (C=O) groups is 1. The zero-order valence-electron chi connectivity index (χ0n) is 15.5. The molecule has 0 unspecified atom stereocenters. The number of fused-ring (bicyclic) bond motifs is 1. The Labute approximate surface area is 170 Å². The lowest BCUT2D eigenvalue weighted by Gasteiger charge is -2.32. The van der Waals surface area contributed by atoms with Crippen LogP contribution in [0.2, 0.25) is 5.02 Å². The van der Waals surface area contributed by atoms with Crippen molar-refractivity contribution in [3.05, 3.63) is 34.5 Å². The van der Waals surface area contributed by atoms with Crippen molar-refractivity contribution in [1.82, 2.24) is 25.1 Å². The number of carbonyl (C=O) groups excluding carboxylic acids is 1. The Morgan fingerprint density at radius 3 is 2.69 bits per heavy atom. The molecule has 4 rings (SSSR count). The van der Waals surface area contributed by atoms with Crippen molar-refractivity contribution in [1.29, 1.82) is 0 Å². The molecule has 1 fully saturated rings. The smallest absolute Gasteiger partial charge is 0.355 e. The third kappa shape index (κ3) is 4.17. The average molecular weight is 429 g/mol. The van der Waals surface area contributed by atoms with Crippen LogP contribution in [0.15, 0.2) is 12.3 Å². The van der Waals surface area contributed by atoms with Crippen LogP contribution < -0.4 is 10.2 Å². The standard InChI is InChI=1S/C18H20ClF3N6O/c19-13-8-12(18(20,21)22)9-23-16(13)27-6-3-11(4-7-27)17(29)24-10-15-26-25-14-2-1-5-28(14)15/h8-9,11H,1-7,10H2,(H,24,29). The molecule has 0 atom stereocenters. The molecule has 2 aliphatic rings. The van der Waals surface area contributed by atoms with Crippen molar-refractivity contribution in [2.24, 2.45) is 5.92 Å². The molecule has 4 heterocycles. The minimum atomic E-state index is -4.48. The summed E-state index contributed by atoms with van der Waals surface area (Å²) in [6, 6.07) is 0.889. The zero-order valence-corrected chi connectivity index (χ0v) is 16.3. The van der Waals surface area contributed by atoms with E-state index in [2.05, 4.69) is 20.5 Å². The fraction of sp³-hybridized carbons (Fsp3) is 0.556. The number of pyridine rings is 1. The van der Waals surface area contributed by atoms with E-state index in [1.165, 1.54) is 0 Å². The lowest BCUT2D eigenvalue weighted by atomic mass is 9.96. The van der Waals surface area contributed by atoms with Crippen LogP contribution in [0.1, 0.15) is 36.5 Å². The Hall–Kier alpha value is -2.36. The molecule has 11 heteroatoms. The number of nitrogens with zero attached hydrogens (tertiary/aromatic N) is 5. The zero-order chi connectivity index (χ0) is 20.6. The summed E-state index contributed by atoms with van der Waals surface area (Å²) in [5.41, 5.74) is -0.875. The first-order valence-electron chi connectivity index (χ1n) is 9.49. The van der Waals surface area contributed by atoms with Crippen LogP contribution in [0.5, 0.6) is 0 Å². The Bertz CT molecular complexity index is 907. The summed E-state index contributed by atoms with van der Waals surface area (Å²) in [5, 5.41) is 11.1. The topological polar surface area (TPSA) is 75.9 Å². The summed E-state index contributed by atoms with van der Waals surface area (Å²) >= 11 is 6.02. The number of rotatable bonds is 4. The normalized spacial score (nSPS) is 17.4. The van der Waals surface area contributed by atoms with Crippen molar-refractivity contribution in [2.75, 3.05) is 18.0 Å². The third-order valence-corrected chi connectivity index (χ3v) is 5.70. The van der Waals surface area contributed by atoms with Gasteiger partial charge < -0.3 is 14.8 Å². The molecule has 7 nitrogen and oxygen atoms in total. The SMILES string of the molecule is O=C(NCc1nnc2n1CCC2)C1CCN(c2ncc(C(F)(F)F)cc2Cl)CC1. The molecular formula is C18H20ClF3N6O. The van der Waals surface area contributed by atoms with Gasteiger partial charge in [0.1, 0.15) is 11.6 Å². The summed E-state index contributed by atoms with van der Waals surface area (Å²) in [4.78, 5) is 18.2. The van der Waals surface area contributed by atoms with Gasteiger partial charge in [-0.15, -0.1) is 10.2 Å². The fourth-order valence-electron chi connectivity index (χ4n) is 3.82. The summed E-state index contributed by atoms with van der Waals surface area (Å²) in [6.07, 6.45) is -0.585. The second-order valence-corrected chi connectivity index (χ2v) is 7.70. The molecule has 0 radical (unpaired) electrons. The second-order valence-electron chi connectivity index (χ2n) is 7.29. The number of aromatic nitrogens is 4. The Kier molecular flexibility index (Phi) is 5.37. The van der Waals surface area contributed by atoms with E-state index in [4.69, 9.17) is 11.6 Å². The Morgan fingerprint density at radius 1 is 1.24 bits per heavy atom. The lowest BCUT2D eigenvalue weighted by Crippen LogP contribution is -2.41. The molecule has 0 bridgehead atoms. The van der Waals surface area contributed by atoms with E-state index < -0.39 is 11.7 Å². The van der Waals surface area contributed by atoms with Gasteiger partial charge in [0.15, 0.2) is 5.82 Å². The maximum absolute atomic E-state index is 12.8. The van der Waals surface area contributed by atoms with Crippen molar-refractivity contribution in [3.63, 3.8) is 0 Å². The number of amides is 1. The molecule has 1 saturated heterocycles. The quantitative estimate of drug-likeness (QED) is 0.810. The van der Waals surface area contributed by atoms with Gasteiger partial charge in [-0.1, -0.05) is 11.6 Å². The highest BCUT2D eigenvalue weighted by Crippen LogP contribution is 2.34. The van der Waals surface area contributed by atoms with Gasteiger partial charge >= 0.3 is 6.18 Å². The molecule has 29 heavy (non-hydrogen) atoms. The molecule has 156 valence electrons. The minimum absolute atomic E-state index is 0.0385. The molecule has 0 spiro atoms. The van der Waals surface area contributed by atoms with Gasteiger partial charge in [-0.3, -0.25) is 4.79 Å². The minimum Gasteiger partial charge on any atom is -0.355 e. The number of halogens is 4. The van der Waals surface area contributed by atoms with E-state index in [-0.39, 0.29) is 16.8 Å². The van der Waals surface area contributed by atoms with Crippen LogP contribution >= 0.6 is 11.6 Å². The van der Waals surface area contributed by atoms with Gasteiger partial charge in [-0.05, 0) is 25.3 Å². The molecule has 2 aromatic heterocycles. The summed E-state index contributed by atoms with van der Waals surface area (Å²) in [5.74, 6) is 1.83. The number of nitrogens with one attached hydrogen (secondary N) is 1. The fourth-order valence-corrected chi connectivity index (χ4v) is 4.11. The number of hydrogen-bond acceptors (Lipinski definition) is 5. The van der Waals surface area contributed by atoms with Crippen LogP contribution in [-0.2, 0) is 30.5 Å². The maximum Gasteiger partial charge on any atom is 0.417 e. The number of piperidine rings is 1. The molecule has 0 aliphatic carbocycles. The first-order chi connectivity index (χ1) is 13.8. The van der Waals surface area contributed by atoms with E-state index in [0.29, 0.717) is 38.3 Å².